The number of aromatic amines is 1. The molecule has 6 rings (SSSR count). The van der Waals surface area contributed by atoms with Crippen molar-refractivity contribution < 1.29 is 14.3 Å². The number of carbonyl (C=O) groups excluding carboxylic acids is 2. The lowest BCUT2D eigenvalue weighted by atomic mass is 9.78. The summed E-state index contributed by atoms with van der Waals surface area (Å²) in [6, 6.07) is 15.3. The number of ether oxygens (including phenoxy) is 1. The van der Waals surface area contributed by atoms with Crippen LogP contribution in [0.15, 0.2) is 67.3 Å². The lowest BCUT2D eigenvalue weighted by molar-refractivity contribution is -0.134. The molecule has 3 amide bonds. The maximum absolute atomic E-state index is 14.0. The van der Waals surface area contributed by atoms with Crippen molar-refractivity contribution in [3.63, 3.8) is 0 Å². The highest BCUT2D eigenvalue weighted by atomic mass is 16.5. The molecule has 2 atom stereocenters. The largest absolute Gasteiger partial charge is 0.497 e. The monoisotopic (exact) mass is 469 g/mol. The number of methoxy groups -OCH3 is 1. The third-order valence-electron chi connectivity index (χ3n) is 7.53. The molecule has 2 aromatic carbocycles. The first-order valence-corrected chi connectivity index (χ1v) is 11.9. The first-order chi connectivity index (χ1) is 17.1. The van der Waals surface area contributed by atoms with E-state index in [-0.39, 0.29) is 11.9 Å². The molecule has 0 bridgehead atoms. The van der Waals surface area contributed by atoms with Crippen LogP contribution in [0, 0.1) is 0 Å². The van der Waals surface area contributed by atoms with Crippen LogP contribution in [0.3, 0.4) is 0 Å². The molecular formula is C27H27N5O3. The second kappa shape index (κ2) is 8.01. The Morgan fingerprint density at radius 1 is 1.14 bits per heavy atom. The highest BCUT2D eigenvalue weighted by Gasteiger charge is 2.61. The Morgan fingerprint density at radius 3 is 2.69 bits per heavy atom. The Labute approximate surface area is 203 Å². The summed E-state index contributed by atoms with van der Waals surface area (Å²) in [5.41, 5.74) is 3.03. The molecule has 178 valence electrons. The van der Waals surface area contributed by atoms with Gasteiger partial charge in [0.1, 0.15) is 17.3 Å². The Hall–Kier alpha value is -4.07. The minimum absolute atomic E-state index is 0.131. The van der Waals surface area contributed by atoms with Crippen molar-refractivity contribution in [1.29, 1.82) is 0 Å². The van der Waals surface area contributed by atoms with Crippen molar-refractivity contribution in [2.24, 2.45) is 0 Å². The number of rotatable bonds is 6. The molecule has 0 unspecified atom stereocenters. The molecule has 1 fully saturated rings. The summed E-state index contributed by atoms with van der Waals surface area (Å²) in [6.07, 6.45) is 6.22. The fraction of sp³-hybridized carbons (Fsp3) is 0.296. The molecule has 2 aliphatic heterocycles. The van der Waals surface area contributed by atoms with Crippen molar-refractivity contribution in [3.8, 4) is 5.75 Å². The van der Waals surface area contributed by atoms with E-state index >= 15 is 0 Å². The standard InChI is InChI=1S/C27H27N5O3/c1-3-27-16-21-20-15-19(35-2)9-10-22(20)29-23(21)24(18-7-5-4-6-8-18)32(27)26(34)31(25(27)33)14-13-30-12-11-28-17-30/h4-12,15,17,24,29H,3,13-14,16H2,1-2H3/t24-,27+/m1/s1. The fourth-order valence-electron chi connectivity index (χ4n) is 5.72. The van der Waals surface area contributed by atoms with E-state index in [2.05, 4.69) is 9.97 Å². The van der Waals surface area contributed by atoms with Crippen molar-refractivity contribution in [2.45, 2.75) is 37.9 Å². The van der Waals surface area contributed by atoms with Crippen LogP contribution >= 0.6 is 0 Å². The second-order valence-corrected chi connectivity index (χ2v) is 9.21. The minimum atomic E-state index is -0.947. The number of H-pyrrole nitrogens is 1. The molecule has 35 heavy (non-hydrogen) atoms. The molecule has 8 nitrogen and oxygen atoms in total. The summed E-state index contributed by atoms with van der Waals surface area (Å²) in [5, 5.41) is 1.03. The van der Waals surface area contributed by atoms with E-state index in [0.717, 1.165) is 33.5 Å². The first-order valence-electron chi connectivity index (χ1n) is 11.9. The van der Waals surface area contributed by atoms with E-state index in [1.165, 1.54) is 4.90 Å². The number of amides is 3. The molecule has 0 saturated carbocycles. The highest BCUT2D eigenvalue weighted by Crippen LogP contribution is 2.50. The van der Waals surface area contributed by atoms with Gasteiger partial charge in [0.25, 0.3) is 5.91 Å². The predicted molar refractivity (Wildman–Crippen MR) is 131 cm³/mol. The number of hydrogen-bond acceptors (Lipinski definition) is 4. The highest BCUT2D eigenvalue weighted by molar-refractivity contribution is 6.08. The smallest absolute Gasteiger partial charge is 0.328 e. The van der Waals surface area contributed by atoms with E-state index in [9.17, 15) is 9.59 Å². The summed E-state index contributed by atoms with van der Waals surface area (Å²) in [6.45, 7) is 2.81. The van der Waals surface area contributed by atoms with Gasteiger partial charge in [-0.05, 0) is 35.7 Å². The van der Waals surface area contributed by atoms with Gasteiger partial charge in [0.05, 0.1) is 13.4 Å². The third kappa shape index (κ3) is 3.09. The Kier molecular flexibility index (Phi) is 4.91. The number of hydrogen-bond donors (Lipinski definition) is 1. The zero-order valence-electron chi connectivity index (χ0n) is 19.8. The van der Waals surface area contributed by atoms with Crippen molar-refractivity contribution in [3.05, 3.63) is 84.1 Å². The van der Waals surface area contributed by atoms with Crippen LogP contribution in [-0.2, 0) is 17.8 Å². The maximum Gasteiger partial charge on any atom is 0.328 e. The molecule has 0 aliphatic carbocycles. The minimum Gasteiger partial charge on any atom is -0.497 e. The number of imidazole rings is 1. The number of fused-ring (bicyclic) bond motifs is 4. The Bertz CT molecular complexity index is 1410. The van der Waals surface area contributed by atoms with Gasteiger partial charge in [0, 0.05) is 48.5 Å². The average molecular weight is 470 g/mol. The molecule has 2 aromatic heterocycles. The van der Waals surface area contributed by atoms with E-state index in [1.807, 2.05) is 71.1 Å². The van der Waals surface area contributed by atoms with Crippen LogP contribution in [0.4, 0.5) is 4.79 Å². The number of urea groups is 1. The fourth-order valence-corrected chi connectivity index (χ4v) is 5.72. The van der Waals surface area contributed by atoms with Gasteiger partial charge in [-0.25, -0.2) is 9.78 Å². The van der Waals surface area contributed by atoms with Crippen LogP contribution in [-0.4, -0.2) is 55.5 Å². The number of nitrogens with zero attached hydrogens (tertiary/aromatic N) is 4. The molecule has 0 spiro atoms. The van der Waals surface area contributed by atoms with Gasteiger partial charge in [0.15, 0.2) is 0 Å². The number of imide groups is 1. The van der Waals surface area contributed by atoms with Gasteiger partial charge >= 0.3 is 6.03 Å². The van der Waals surface area contributed by atoms with Gasteiger partial charge in [-0.1, -0.05) is 37.3 Å². The van der Waals surface area contributed by atoms with Gasteiger partial charge in [-0.15, -0.1) is 0 Å². The third-order valence-corrected chi connectivity index (χ3v) is 7.53. The summed E-state index contributed by atoms with van der Waals surface area (Å²) >= 11 is 0. The molecule has 2 aliphatic rings. The Morgan fingerprint density at radius 2 is 1.97 bits per heavy atom. The summed E-state index contributed by atoms with van der Waals surface area (Å²) in [4.78, 5) is 38.9. The van der Waals surface area contributed by atoms with E-state index in [4.69, 9.17) is 4.74 Å². The quantitative estimate of drug-likeness (QED) is 0.431. The number of aromatic nitrogens is 3. The number of benzene rings is 2. The molecule has 4 aromatic rings. The zero-order valence-corrected chi connectivity index (χ0v) is 19.8. The molecule has 0 radical (unpaired) electrons. The van der Waals surface area contributed by atoms with Crippen LogP contribution in [0.25, 0.3) is 10.9 Å². The zero-order chi connectivity index (χ0) is 24.2. The maximum atomic E-state index is 14.0. The topological polar surface area (TPSA) is 83.5 Å². The van der Waals surface area contributed by atoms with Crippen LogP contribution < -0.4 is 4.74 Å². The predicted octanol–water partition coefficient (Wildman–Crippen LogP) is 4.13. The lowest BCUT2D eigenvalue weighted by Gasteiger charge is -2.44. The van der Waals surface area contributed by atoms with E-state index < -0.39 is 11.6 Å². The summed E-state index contributed by atoms with van der Waals surface area (Å²) in [7, 11) is 1.65. The van der Waals surface area contributed by atoms with Crippen molar-refractivity contribution in [1.82, 2.24) is 24.3 Å². The summed E-state index contributed by atoms with van der Waals surface area (Å²) in [5.74, 6) is 0.633. The lowest BCUT2D eigenvalue weighted by Crippen LogP contribution is -2.55. The number of carbonyl (C=O) groups is 2. The van der Waals surface area contributed by atoms with Crippen molar-refractivity contribution in [2.75, 3.05) is 13.7 Å². The molecular weight excluding hydrogens is 442 g/mol. The van der Waals surface area contributed by atoms with E-state index in [1.54, 1.807) is 19.6 Å². The molecule has 4 heterocycles. The number of nitrogens with one attached hydrogen (secondary N) is 1. The molecule has 1 saturated heterocycles. The second-order valence-electron chi connectivity index (χ2n) is 9.21. The summed E-state index contributed by atoms with van der Waals surface area (Å²) < 4.78 is 7.38. The van der Waals surface area contributed by atoms with Crippen LogP contribution in [0.5, 0.6) is 5.75 Å². The van der Waals surface area contributed by atoms with Crippen LogP contribution in [0.1, 0.15) is 36.2 Å². The first kappa shape index (κ1) is 21.5. The molecule has 1 N–H and O–H groups in total. The average Bonchev–Trinajstić information content (AvgIpc) is 3.59. The van der Waals surface area contributed by atoms with Gasteiger partial charge < -0.3 is 14.3 Å². The molecule has 8 heteroatoms. The van der Waals surface area contributed by atoms with E-state index in [0.29, 0.717) is 25.9 Å². The van der Waals surface area contributed by atoms with Gasteiger partial charge in [-0.3, -0.25) is 14.6 Å². The van der Waals surface area contributed by atoms with Crippen molar-refractivity contribution >= 4 is 22.8 Å². The Balaban J connectivity index is 1.51. The van der Waals surface area contributed by atoms with Gasteiger partial charge in [-0.2, -0.15) is 0 Å². The van der Waals surface area contributed by atoms with Gasteiger partial charge in [0.2, 0.25) is 0 Å². The SMILES string of the molecule is CC[C@@]12Cc3c([nH]c4ccc(OC)cc34)[C@@H](c3ccccc3)N1C(=O)N(CCn1ccnc1)C2=O. The van der Waals surface area contributed by atoms with Crippen LogP contribution in [0.2, 0.25) is 0 Å². The normalized spacial score (nSPS) is 21.5.